The smallest absolute Gasteiger partial charge is 0.410 e. The predicted octanol–water partition coefficient (Wildman–Crippen LogP) is 4.01. The van der Waals surface area contributed by atoms with E-state index in [1.54, 1.807) is 12.1 Å². The molecule has 0 bridgehead atoms. The van der Waals surface area contributed by atoms with Gasteiger partial charge < -0.3 is 9.64 Å². The quantitative estimate of drug-likeness (QED) is 0.765. The van der Waals surface area contributed by atoms with Crippen LogP contribution in [0.25, 0.3) is 0 Å². The van der Waals surface area contributed by atoms with Crippen LogP contribution in [0.4, 0.5) is 4.79 Å². The fourth-order valence-corrected chi connectivity index (χ4v) is 2.28. The third kappa shape index (κ3) is 3.85. The van der Waals surface area contributed by atoms with E-state index in [1.165, 1.54) is 0 Å². The molecular formula is C16H21NO2. The number of ether oxygens (including phenoxy) is 1. The minimum absolute atomic E-state index is 0.185. The number of hydrogen-bond donors (Lipinski definition) is 0. The Bertz CT molecular complexity index is 428. The lowest BCUT2D eigenvalue weighted by molar-refractivity contribution is 0.136. The van der Waals surface area contributed by atoms with Gasteiger partial charge in [0.1, 0.15) is 5.75 Å². The summed E-state index contributed by atoms with van der Waals surface area (Å²) in [6.45, 7) is 2.91. The van der Waals surface area contributed by atoms with Crippen LogP contribution in [-0.2, 0) is 0 Å². The summed E-state index contributed by atoms with van der Waals surface area (Å²) in [6.07, 6.45) is 8.24. The van der Waals surface area contributed by atoms with Crippen LogP contribution in [0.5, 0.6) is 5.75 Å². The van der Waals surface area contributed by atoms with E-state index in [4.69, 9.17) is 4.74 Å². The second-order valence-electron chi connectivity index (χ2n) is 4.80. The summed E-state index contributed by atoms with van der Waals surface area (Å²) < 4.78 is 5.42. The van der Waals surface area contributed by atoms with Crippen molar-refractivity contribution in [3.05, 3.63) is 42.5 Å². The Hall–Kier alpha value is -1.77. The molecule has 0 spiro atoms. The minimum atomic E-state index is -0.239. The van der Waals surface area contributed by atoms with E-state index in [0.717, 1.165) is 32.2 Å². The molecule has 3 nitrogen and oxygen atoms in total. The maximum Gasteiger partial charge on any atom is 0.415 e. The molecule has 1 unspecified atom stereocenters. The van der Waals surface area contributed by atoms with E-state index >= 15 is 0 Å². The molecule has 0 aromatic heterocycles. The fraction of sp³-hybridized carbons (Fsp3) is 0.438. The van der Waals surface area contributed by atoms with Gasteiger partial charge in [0.05, 0.1) is 6.04 Å². The average molecular weight is 259 g/mol. The number of para-hydroxylation sites is 1. The number of carbonyl (C=O) groups excluding carboxylic acids is 1. The molecule has 0 saturated carbocycles. The molecule has 1 aliphatic rings. The van der Waals surface area contributed by atoms with Crippen LogP contribution < -0.4 is 4.74 Å². The highest BCUT2D eigenvalue weighted by Gasteiger charge is 2.24. The van der Waals surface area contributed by atoms with Gasteiger partial charge in [0.2, 0.25) is 0 Å². The monoisotopic (exact) mass is 259 g/mol. The van der Waals surface area contributed by atoms with Crippen molar-refractivity contribution in [1.82, 2.24) is 4.90 Å². The summed E-state index contributed by atoms with van der Waals surface area (Å²) >= 11 is 0. The largest absolute Gasteiger partial charge is 0.415 e. The molecule has 1 aromatic rings. The van der Waals surface area contributed by atoms with E-state index < -0.39 is 0 Å². The highest BCUT2D eigenvalue weighted by atomic mass is 16.6. The molecule has 1 aromatic carbocycles. The summed E-state index contributed by atoms with van der Waals surface area (Å²) in [4.78, 5) is 14.0. The third-order valence-electron chi connectivity index (χ3n) is 3.33. The molecule has 1 amide bonds. The Kier molecular flexibility index (Phi) is 5.01. The van der Waals surface area contributed by atoms with Gasteiger partial charge in [0.25, 0.3) is 0 Å². The molecule has 0 fully saturated rings. The second kappa shape index (κ2) is 6.98. The van der Waals surface area contributed by atoms with Gasteiger partial charge in [0, 0.05) is 6.54 Å². The predicted molar refractivity (Wildman–Crippen MR) is 76.2 cm³/mol. The lowest BCUT2D eigenvalue weighted by Gasteiger charge is -2.31. The minimum Gasteiger partial charge on any atom is -0.410 e. The molecule has 19 heavy (non-hydrogen) atoms. The van der Waals surface area contributed by atoms with Gasteiger partial charge in [0.15, 0.2) is 0 Å². The van der Waals surface area contributed by atoms with E-state index in [1.807, 2.05) is 23.1 Å². The Balaban J connectivity index is 1.98. The number of nitrogens with zero attached hydrogens (tertiary/aromatic N) is 1. The summed E-state index contributed by atoms with van der Waals surface area (Å²) in [5, 5.41) is 0. The van der Waals surface area contributed by atoms with Crippen LogP contribution >= 0.6 is 0 Å². The summed E-state index contributed by atoms with van der Waals surface area (Å²) in [6, 6.07) is 9.44. The first kappa shape index (κ1) is 13.7. The molecule has 0 aliphatic carbocycles. The van der Waals surface area contributed by atoms with Crippen molar-refractivity contribution in [1.29, 1.82) is 0 Å². The van der Waals surface area contributed by atoms with Crippen LogP contribution in [0.1, 0.15) is 32.6 Å². The molecule has 1 heterocycles. The fourth-order valence-electron chi connectivity index (χ4n) is 2.28. The van der Waals surface area contributed by atoms with E-state index in [9.17, 15) is 4.79 Å². The highest BCUT2D eigenvalue weighted by molar-refractivity contribution is 5.71. The number of rotatable bonds is 4. The number of amides is 1. The summed E-state index contributed by atoms with van der Waals surface area (Å²) in [5.41, 5.74) is 0. The molecule has 3 heteroatoms. The van der Waals surface area contributed by atoms with Crippen LogP contribution in [-0.4, -0.2) is 23.6 Å². The molecular weight excluding hydrogens is 238 g/mol. The van der Waals surface area contributed by atoms with Crippen LogP contribution in [0.2, 0.25) is 0 Å². The molecule has 2 rings (SSSR count). The van der Waals surface area contributed by atoms with Crippen molar-refractivity contribution in [3.63, 3.8) is 0 Å². The maximum absolute atomic E-state index is 12.2. The average Bonchev–Trinajstić information content (AvgIpc) is 2.46. The number of benzene rings is 1. The van der Waals surface area contributed by atoms with Crippen LogP contribution in [0.3, 0.4) is 0 Å². The Morgan fingerprint density at radius 1 is 1.37 bits per heavy atom. The van der Waals surface area contributed by atoms with Gasteiger partial charge in [-0.05, 0) is 25.0 Å². The lowest BCUT2D eigenvalue weighted by Crippen LogP contribution is -2.43. The van der Waals surface area contributed by atoms with Crippen molar-refractivity contribution in [2.45, 2.75) is 38.6 Å². The van der Waals surface area contributed by atoms with E-state index in [0.29, 0.717) is 5.75 Å². The molecule has 1 atom stereocenters. The zero-order chi connectivity index (χ0) is 13.5. The molecule has 1 aliphatic heterocycles. The topological polar surface area (TPSA) is 29.5 Å². The van der Waals surface area contributed by atoms with Crippen molar-refractivity contribution in [3.8, 4) is 5.75 Å². The van der Waals surface area contributed by atoms with E-state index in [2.05, 4.69) is 19.1 Å². The van der Waals surface area contributed by atoms with Crippen LogP contribution in [0, 0.1) is 0 Å². The zero-order valence-corrected chi connectivity index (χ0v) is 11.4. The third-order valence-corrected chi connectivity index (χ3v) is 3.33. The van der Waals surface area contributed by atoms with E-state index in [-0.39, 0.29) is 12.1 Å². The SMILES string of the molecule is CCCCC1C=CCCN1C(=O)Oc1ccccc1. The highest BCUT2D eigenvalue weighted by Crippen LogP contribution is 2.18. The van der Waals surface area contributed by atoms with Crippen molar-refractivity contribution in [2.75, 3.05) is 6.54 Å². The molecule has 0 radical (unpaired) electrons. The maximum atomic E-state index is 12.2. The molecule has 0 saturated heterocycles. The number of carbonyl (C=O) groups is 1. The van der Waals surface area contributed by atoms with Crippen molar-refractivity contribution >= 4 is 6.09 Å². The summed E-state index contributed by atoms with van der Waals surface area (Å²) in [7, 11) is 0. The Morgan fingerprint density at radius 3 is 2.89 bits per heavy atom. The van der Waals surface area contributed by atoms with Gasteiger partial charge in [-0.3, -0.25) is 0 Å². The first-order valence-electron chi connectivity index (χ1n) is 7.01. The standard InChI is InChI=1S/C16H21NO2/c1-2-3-9-14-10-7-8-13-17(14)16(18)19-15-11-5-4-6-12-15/h4-7,10-12,14H,2-3,8-9,13H2,1H3. The van der Waals surface area contributed by atoms with Gasteiger partial charge in [-0.15, -0.1) is 0 Å². The Morgan fingerprint density at radius 2 is 2.16 bits per heavy atom. The van der Waals surface area contributed by atoms with Gasteiger partial charge in [-0.1, -0.05) is 50.1 Å². The Labute approximate surface area is 114 Å². The number of hydrogen-bond acceptors (Lipinski definition) is 2. The molecule has 102 valence electrons. The number of unbranched alkanes of at least 4 members (excludes halogenated alkanes) is 1. The first-order valence-corrected chi connectivity index (χ1v) is 7.01. The van der Waals surface area contributed by atoms with Gasteiger partial charge in [-0.2, -0.15) is 0 Å². The second-order valence-corrected chi connectivity index (χ2v) is 4.80. The van der Waals surface area contributed by atoms with Crippen LogP contribution in [0.15, 0.2) is 42.5 Å². The zero-order valence-electron chi connectivity index (χ0n) is 11.4. The van der Waals surface area contributed by atoms with Crippen molar-refractivity contribution < 1.29 is 9.53 Å². The van der Waals surface area contributed by atoms with Crippen molar-refractivity contribution in [2.24, 2.45) is 0 Å². The normalized spacial score (nSPS) is 18.4. The van der Waals surface area contributed by atoms with Gasteiger partial charge >= 0.3 is 6.09 Å². The van der Waals surface area contributed by atoms with Gasteiger partial charge in [-0.25, -0.2) is 4.79 Å². The lowest BCUT2D eigenvalue weighted by atomic mass is 10.0. The first-order chi connectivity index (χ1) is 9.31. The molecule has 0 N–H and O–H groups in total. The summed E-state index contributed by atoms with van der Waals surface area (Å²) in [5.74, 6) is 0.608.